The number of hydrogen-bond donors (Lipinski definition) is 2. The van der Waals surface area contributed by atoms with E-state index in [4.69, 9.17) is 0 Å². The monoisotopic (exact) mass is 328 g/mol. The van der Waals surface area contributed by atoms with Crippen LogP contribution in [0.4, 0.5) is 0 Å². The van der Waals surface area contributed by atoms with Gasteiger partial charge in [0.2, 0.25) is 5.91 Å². The molecule has 2 N–H and O–H groups in total. The van der Waals surface area contributed by atoms with Gasteiger partial charge in [-0.25, -0.2) is 0 Å². The van der Waals surface area contributed by atoms with E-state index in [0.29, 0.717) is 6.42 Å². The molecule has 2 rings (SSSR count). The van der Waals surface area contributed by atoms with Crippen molar-refractivity contribution in [2.24, 2.45) is 5.41 Å². The highest BCUT2D eigenvalue weighted by molar-refractivity contribution is 5.94. The van der Waals surface area contributed by atoms with Crippen molar-refractivity contribution in [3.63, 3.8) is 0 Å². The molecule has 0 radical (unpaired) electrons. The number of nitrogens with one attached hydrogen (secondary N) is 2. The second-order valence-electron chi connectivity index (χ2n) is 6.90. The molecule has 1 atom stereocenters. The number of benzene rings is 1. The van der Waals surface area contributed by atoms with E-state index < -0.39 is 11.5 Å². The number of hydrogen-bond acceptors (Lipinski definition) is 3. The second-order valence-corrected chi connectivity index (χ2v) is 6.90. The van der Waals surface area contributed by atoms with Crippen molar-refractivity contribution in [1.82, 2.24) is 10.3 Å². The van der Waals surface area contributed by atoms with E-state index in [2.05, 4.69) is 10.3 Å². The van der Waals surface area contributed by atoms with E-state index in [9.17, 15) is 14.4 Å². The highest BCUT2D eigenvalue weighted by Crippen LogP contribution is 2.24. The number of carbonyl (C=O) groups excluding carboxylic acids is 3. The summed E-state index contributed by atoms with van der Waals surface area (Å²) in [5, 5.41) is 3.76. The van der Waals surface area contributed by atoms with Gasteiger partial charge in [-0.1, -0.05) is 32.0 Å². The van der Waals surface area contributed by atoms with Crippen molar-refractivity contribution in [3.8, 4) is 0 Å². The zero-order valence-electron chi connectivity index (χ0n) is 14.6. The molecule has 0 spiro atoms. The van der Waals surface area contributed by atoms with E-state index in [-0.39, 0.29) is 23.9 Å². The van der Waals surface area contributed by atoms with Crippen molar-refractivity contribution in [3.05, 3.63) is 36.0 Å². The third kappa shape index (κ3) is 4.10. The number of ketones is 2. The van der Waals surface area contributed by atoms with Crippen LogP contribution in [0.15, 0.2) is 30.5 Å². The summed E-state index contributed by atoms with van der Waals surface area (Å²) in [7, 11) is 0. The Bertz CT molecular complexity index is 774. The molecule has 24 heavy (non-hydrogen) atoms. The van der Waals surface area contributed by atoms with Crippen LogP contribution < -0.4 is 5.32 Å². The highest BCUT2D eigenvalue weighted by atomic mass is 16.2. The van der Waals surface area contributed by atoms with Crippen molar-refractivity contribution >= 4 is 28.4 Å². The predicted molar refractivity (Wildman–Crippen MR) is 93.7 cm³/mol. The lowest BCUT2D eigenvalue weighted by molar-refractivity contribution is -0.132. The minimum Gasteiger partial charge on any atom is -0.361 e. The summed E-state index contributed by atoms with van der Waals surface area (Å²) in [5.74, 6) is -0.422. The van der Waals surface area contributed by atoms with Gasteiger partial charge in [-0.3, -0.25) is 14.4 Å². The molecule has 0 fully saturated rings. The Hall–Kier alpha value is -2.43. The first-order chi connectivity index (χ1) is 11.2. The number of rotatable bonds is 7. The summed E-state index contributed by atoms with van der Waals surface area (Å²) in [5.41, 5.74) is 1.23. The molecule has 0 bridgehead atoms. The maximum Gasteiger partial charge on any atom is 0.217 e. The number of fused-ring (bicyclic) bond motifs is 1. The lowest BCUT2D eigenvalue weighted by Gasteiger charge is -2.24. The Kier molecular flexibility index (Phi) is 5.22. The minimum atomic E-state index is -0.728. The molecule has 1 aromatic carbocycles. The fraction of sp³-hybridized carbons (Fsp3) is 0.421. The van der Waals surface area contributed by atoms with E-state index in [0.717, 1.165) is 16.5 Å². The van der Waals surface area contributed by atoms with E-state index in [1.165, 1.54) is 13.8 Å². The van der Waals surface area contributed by atoms with Gasteiger partial charge in [0, 0.05) is 42.3 Å². The maximum absolute atomic E-state index is 12.7. The summed E-state index contributed by atoms with van der Waals surface area (Å²) in [6, 6.07) is 7.19. The molecular formula is C19H24N2O3. The molecular weight excluding hydrogens is 304 g/mol. The number of para-hydroxylation sites is 1. The van der Waals surface area contributed by atoms with E-state index >= 15 is 0 Å². The van der Waals surface area contributed by atoms with Crippen molar-refractivity contribution < 1.29 is 14.4 Å². The van der Waals surface area contributed by atoms with E-state index in [1.807, 2.05) is 30.5 Å². The molecule has 0 saturated heterocycles. The van der Waals surface area contributed by atoms with Gasteiger partial charge in [-0.05, 0) is 18.6 Å². The van der Waals surface area contributed by atoms with Gasteiger partial charge >= 0.3 is 0 Å². The first kappa shape index (κ1) is 17.9. The largest absolute Gasteiger partial charge is 0.361 e. The average Bonchev–Trinajstić information content (AvgIpc) is 2.89. The quantitative estimate of drug-likeness (QED) is 0.820. The zero-order valence-corrected chi connectivity index (χ0v) is 14.6. The molecule has 1 heterocycles. The summed E-state index contributed by atoms with van der Waals surface area (Å²) < 4.78 is 0. The van der Waals surface area contributed by atoms with Crippen LogP contribution >= 0.6 is 0 Å². The third-order valence-electron chi connectivity index (χ3n) is 4.43. The van der Waals surface area contributed by atoms with Crippen molar-refractivity contribution in [2.45, 2.75) is 46.6 Å². The highest BCUT2D eigenvalue weighted by Gasteiger charge is 2.31. The molecule has 0 aliphatic rings. The molecule has 5 heteroatoms. The van der Waals surface area contributed by atoms with Gasteiger partial charge in [0.1, 0.15) is 5.78 Å². The molecule has 1 amide bonds. The van der Waals surface area contributed by atoms with Crippen LogP contribution in [-0.2, 0) is 20.8 Å². The third-order valence-corrected chi connectivity index (χ3v) is 4.43. The topological polar surface area (TPSA) is 79.0 Å². The lowest BCUT2D eigenvalue weighted by atomic mass is 9.81. The zero-order chi connectivity index (χ0) is 17.9. The van der Waals surface area contributed by atoms with Crippen molar-refractivity contribution in [1.29, 1.82) is 0 Å². The van der Waals surface area contributed by atoms with Gasteiger partial charge in [0.15, 0.2) is 5.78 Å². The summed E-state index contributed by atoms with van der Waals surface area (Å²) in [6.07, 6.45) is 2.37. The van der Waals surface area contributed by atoms with Gasteiger partial charge in [-0.2, -0.15) is 0 Å². The standard InChI is InChI=1S/C19H24N2O3/c1-12(22)19(3,4)10-18(24)17(21-13(2)23)9-14-11-20-16-8-6-5-7-15(14)16/h5-8,11,17,20H,9-10H2,1-4H3,(H,21,23). The Balaban J connectivity index is 2.23. The molecule has 128 valence electrons. The van der Waals surface area contributed by atoms with Crippen LogP contribution in [0.1, 0.15) is 39.7 Å². The minimum absolute atomic E-state index is 0.0375. The number of Topliss-reactive ketones (excluding diaryl/α,β-unsaturated/α-hetero) is 2. The Labute approximate surface area is 141 Å². The normalized spacial score (nSPS) is 12.8. The van der Waals surface area contributed by atoms with Crippen LogP contribution in [0.3, 0.4) is 0 Å². The van der Waals surface area contributed by atoms with Crippen LogP contribution in [0.2, 0.25) is 0 Å². The molecule has 1 aromatic heterocycles. The average molecular weight is 328 g/mol. The fourth-order valence-electron chi connectivity index (χ4n) is 2.69. The lowest BCUT2D eigenvalue weighted by Crippen LogP contribution is -2.43. The van der Waals surface area contributed by atoms with E-state index in [1.54, 1.807) is 13.8 Å². The predicted octanol–water partition coefficient (Wildman–Crippen LogP) is 2.79. The molecule has 1 unspecified atom stereocenters. The van der Waals surface area contributed by atoms with Gasteiger partial charge in [0.05, 0.1) is 6.04 Å². The number of carbonyl (C=O) groups is 3. The number of amides is 1. The van der Waals surface area contributed by atoms with Gasteiger partial charge in [-0.15, -0.1) is 0 Å². The fourth-order valence-corrected chi connectivity index (χ4v) is 2.69. The van der Waals surface area contributed by atoms with Crippen molar-refractivity contribution in [2.75, 3.05) is 0 Å². The SMILES string of the molecule is CC(=O)NC(Cc1c[nH]c2ccccc12)C(=O)CC(C)(C)C(C)=O. The second kappa shape index (κ2) is 6.99. The summed E-state index contributed by atoms with van der Waals surface area (Å²) in [6.45, 7) is 6.39. The van der Waals surface area contributed by atoms with Crippen LogP contribution in [-0.4, -0.2) is 28.5 Å². The van der Waals surface area contributed by atoms with Gasteiger partial charge in [0.25, 0.3) is 0 Å². The molecule has 0 saturated carbocycles. The van der Waals surface area contributed by atoms with Crippen LogP contribution in [0, 0.1) is 5.41 Å². The van der Waals surface area contributed by atoms with Crippen LogP contribution in [0.25, 0.3) is 10.9 Å². The van der Waals surface area contributed by atoms with Gasteiger partial charge < -0.3 is 10.3 Å². The Morgan fingerprint density at radius 3 is 2.46 bits per heavy atom. The first-order valence-electron chi connectivity index (χ1n) is 8.06. The Morgan fingerprint density at radius 2 is 1.83 bits per heavy atom. The number of aromatic nitrogens is 1. The smallest absolute Gasteiger partial charge is 0.217 e. The maximum atomic E-state index is 12.7. The number of H-pyrrole nitrogens is 1. The first-order valence-corrected chi connectivity index (χ1v) is 8.06. The van der Waals surface area contributed by atoms with Crippen LogP contribution in [0.5, 0.6) is 0 Å². The number of aromatic amines is 1. The molecule has 0 aliphatic carbocycles. The molecule has 5 nitrogen and oxygen atoms in total. The molecule has 0 aliphatic heterocycles. The summed E-state index contributed by atoms with van der Waals surface area (Å²) >= 11 is 0. The Morgan fingerprint density at radius 1 is 1.17 bits per heavy atom. The molecule has 2 aromatic rings. The summed E-state index contributed by atoms with van der Waals surface area (Å²) in [4.78, 5) is 39.1.